The maximum Gasteiger partial charge on any atom is 0.119 e. The standard InChI is InChI=1S/C14H24O2/c1-11(9-10-14(2,3)16)13(15)12-7-5-4-6-8-12/h11-13,15-16H,4-8H2,1-3H3. The Balaban J connectivity index is 2.51. The van der Waals surface area contributed by atoms with Crippen LogP contribution in [-0.2, 0) is 0 Å². The molecule has 2 heteroatoms. The Kier molecular flexibility index (Phi) is 4.83. The van der Waals surface area contributed by atoms with Gasteiger partial charge in [-0.25, -0.2) is 0 Å². The summed E-state index contributed by atoms with van der Waals surface area (Å²) in [6.45, 7) is 5.28. The summed E-state index contributed by atoms with van der Waals surface area (Å²) in [7, 11) is 0. The Labute approximate surface area is 99.1 Å². The van der Waals surface area contributed by atoms with Gasteiger partial charge in [-0.15, -0.1) is 0 Å². The van der Waals surface area contributed by atoms with Crippen molar-refractivity contribution in [2.24, 2.45) is 11.8 Å². The normalized spacial score (nSPS) is 22.1. The lowest BCUT2D eigenvalue weighted by molar-refractivity contribution is 0.0582. The highest BCUT2D eigenvalue weighted by Gasteiger charge is 2.25. The first-order chi connectivity index (χ1) is 7.40. The molecule has 0 aliphatic heterocycles. The fraction of sp³-hybridized carbons (Fsp3) is 0.857. The van der Waals surface area contributed by atoms with E-state index in [1.807, 2.05) is 6.92 Å². The first kappa shape index (κ1) is 13.5. The van der Waals surface area contributed by atoms with Crippen LogP contribution in [0.3, 0.4) is 0 Å². The molecule has 0 radical (unpaired) electrons. The van der Waals surface area contributed by atoms with E-state index in [0.29, 0.717) is 5.92 Å². The molecule has 1 saturated carbocycles. The van der Waals surface area contributed by atoms with E-state index in [1.165, 1.54) is 19.3 Å². The largest absolute Gasteiger partial charge is 0.392 e. The Hall–Kier alpha value is -0.520. The molecule has 2 atom stereocenters. The summed E-state index contributed by atoms with van der Waals surface area (Å²) in [5.74, 6) is 6.11. The topological polar surface area (TPSA) is 40.5 Å². The predicted molar refractivity (Wildman–Crippen MR) is 65.8 cm³/mol. The molecule has 0 spiro atoms. The second-order valence-corrected chi connectivity index (χ2v) is 5.51. The lowest BCUT2D eigenvalue weighted by Gasteiger charge is -2.28. The lowest BCUT2D eigenvalue weighted by atomic mass is 9.81. The van der Waals surface area contributed by atoms with Gasteiger partial charge >= 0.3 is 0 Å². The zero-order valence-electron chi connectivity index (χ0n) is 10.7. The van der Waals surface area contributed by atoms with Gasteiger partial charge in [0.1, 0.15) is 5.60 Å². The summed E-state index contributed by atoms with van der Waals surface area (Å²) in [5, 5.41) is 19.7. The summed E-state index contributed by atoms with van der Waals surface area (Å²) in [6, 6.07) is 0. The summed E-state index contributed by atoms with van der Waals surface area (Å²) in [6.07, 6.45) is 5.66. The first-order valence-corrected chi connectivity index (χ1v) is 6.33. The molecule has 0 aromatic rings. The number of aliphatic hydroxyl groups is 2. The molecule has 0 aromatic carbocycles. The fourth-order valence-corrected chi connectivity index (χ4v) is 2.26. The molecule has 16 heavy (non-hydrogen) atoms. The van der Waals surface area contributed by atoms with Gasteiger partial charge in [-0.3, -0.25) is 0 Å². The van der Waals surface area contributed by atoms with Gasteiger partial charge in [0.05, 0.1) is 6.10 Å². The molecule has 2 nitrogen and oxygen atoms in total. The number of aliphatic hydroxyl groups excluding tert-OH is 1. The van der Waals surface area contributed by atoms with Crippen LogP contribution in [0.4, 0.5) is 0 Å². The second kappa shape index (κ2) is 5.70. The van der Waals surface area contributed by atoms with Crippen LogP contribution >= 0.6 is 0 Å². The first-order valence-electron chi connectivity index (χ1n) is 6.33. The maximum atomic E-state index is 10.2. The van der Waals surface area contributed by atoms with E-state index >= 15 is 0 Å². The van der Waals surface area contributed by atoms with Crippen LogP contribution in [0.5, 0.6) is 0 Å². The van der Waals surface area contributed by atoms with E-state index < -0.39 is 5.60 Å². The maximum absolute atomic E-state index is 10.2. The van der Waals surface area contributed by atoms with Gasteiger partial charge in [-0.2, -0.15) is 0 Å². The van der Waals surface area contributed by atoms with Crippen LogP contribution in [0.25, 0.3) is 0 Å². The van der Waals surface area contributed by atoms with Crippen molar-refractivity contribution < 1.29 is 10.2 Å². The van der Waals surface area contributed by atoms with Gasteiger partial charge in [-0.05, 0) is 39.5 Å². The quantitative estimate of drug-likeness (QED) is 0.707. The van der Waals surface area contributed by atoms with Gasteiger partial charge in [-0.1, -0.05) is 31.1 Å². The van der Waals surface area contributed by atoms with E-state index in [4.69, 9.17) is 0 Å². The molecular formula is C14H24O2. The average molecular weight is 224 g/mol. The molecule has 1 rings (SSSR count). The van der Waals surface area contributed by atoms with Crippen LogP contribution in [-0.4, -0.2) is 21.9 Å². The Morgan fingerprint density at radius 3 is 2.25 bits per heavy atom. The van der Waals surface area contributed by atoms with Crippen molar-refractivity contribution in [1.29, 1.82) is 0 Å². The van der Waals surface area contributed by atoms with E-state index in [0.717, 1.165) is 12.8 Å². The number of rotatable bonds is 2. The minimum Gasteiger partial charge on any atom is -0.392 e. The van der Waals surface area contributed by atoms with Gasteiger partial charge in [0.15, 0.2) is 0 Å². The Morgan fingerprint density at radius 1 is 1.19 bits per heavy atom. The molecule has 2 N–H and O–H groups in total. The Morgan fingerprint density at radius 2 is 1.75 bits per heavy atom. The highest BCUT2D eigenvalue weighted by Crippen LogP contribution is 2.29. The van der Waals surface area contributed by atoms with Crippen molar-refractivity contribution in [3.63, 3.8) is 0 Å². The minimum atomic E-state index is -0.958. The van der Waals surface area contributed by atoms with Gasteiger partial charge in [0.25, 0.3) is 0 Å². The molecular weight excluding hydrogens is 200 g/mol. The molecule has 0 aromatic heterocycles. The van der Waals surface area contributed by atoms with E-state index in [9.17, 15) is 10.2 Å². The van der Waals surface area contributed by atoms with E-state index in [1.54, 1.807) is 13.8 Å². The van der Waals surface area contributed by atoms with Crippen LogP contribution in [0.2, 0.25) is 0 Å². The molecule has 1 aliphatic carbocycles. The van der Waals surface area contributed by atoms with E-state index in [2.05, 4.69) is 11.8 Å². The number of hydrogen-bond donors (Lipinski definition) is 2. The fourth-order valence-electron chi connectivity index (χ4n) is 2.26. The molecule has 1 fully saturated rings. The highest BCUT2D eigenvalue weighted by atomic mass is 16.3. The van der Waals surface area contributed by atoms with Gasteiger partial charge in [0, 0.05) is 5.92 Å². The van der Waals surface area contributed by atoms with E-state index in [-0.39, 0.29) is 12.0 Å². The lowest BCUT2D eigenvalue weighted by Crippen LogP contribution is -2.29. The minimum absolute atomic E-state index is 0.0467. The van der Waals surface area contributed by atoms with Gasteiger partial charge in [0.2, 0.25) is 0 Å². The summed E-state index contributed by atoms with van der Waals surface area (Å²) >= 11 is 0. The summed E-state index contributed by atoms with van der Waals surface area (Å²) in [4.78, 5) is 0. The van der Waals surface area contributed by atoms with Crippen LogP contribution in [0, 0.1) is 23.7 Å². The zero-order chi connectivity index (χ0) is 12.2. The number of hydrogen-bond acceptors (Lipinski definition) is 2. The van der Waals surface area contributed by atoms with Crippen LogP contribution < -0.4 is 0 Å². The zero-order valence-corrected chi connectivity index (χ0v) is 10.7. The van der Waals surface area contributed by atoms with Crippen molar-refractivity contribution in [1.82, 2.24) is 0 Å². The van der Waals surface area contributed by atoms with Gasteiger partial charge < -0.3 is 10.2 Å². The monoisotopic (exact) mass is 224 g/mol. The van der Waals surface area contributed by atoms with Crippen molar-refractivity contribution in [2.75, 3.05) is 0 Å². The third kappa shape index (κ3) is 4.55. The third-order valence-corrected chi connectivity index (χ3v) is 3.25. The Bertz CT molecular complexity index is 261. The molecule has 0 bridgehead atoms. The second-order valence-electron chi connectivity index (χ2n) is 5.51. The van der Waals surface area contributed by atoms with Crippen LogP contribution in [0.15, 0.2) is 0 Å². The third-order valence-electron chi connectivity index (χ3n) is 3.25. The predicted octanol–water partition coefficient (Wildman–Crippen LogP) is 2.34. The highest BCUT2D eigenvalue weighted by molar-refractivity contribution is 5.13. The van der Waals surface area contributed by atoms with Crippen molar-refractivity contribution in [3.8, 4) is 11.8 Å². The van der Waals surface area contributed by atoms with Crippen molar-refractivity contribution in [3.05, 3.63) is 0 Å². The van der Waals surface area contributed by atoms with Crippen molar-refractivity contribution in [2.45, 2.75) is 64.6 Å². The molecule has 0 amide bonds. The molecule has 92 valence electrons. The van der Waals surface area contributed by atoms with Crippen molar-refractivity contribution >= 4 is 0 Å². The molecule has 0 saturated heterocycles. The van der Waals surface area contributed by atoms with Crippen LogP contribution in [0.1, 0.15) is 52.9 Å². The molecule has 0 heterocycles. The molecule has 1 aliphatic rings. The smallest absolute Gasteiger partial charge is 0.119 e. The SMILES string of the molecule is CC(C#CC(C)(C)O)C(O)C1CCCCC1. The molecule has 2 unspecified atom stereocenters. The average Bonchev–Trinajstić information content (AvgIpc) is 2.25. The summed E-state index contributed by atoms with van der Waals surface area (Å²) < 4.78 is 0. The summed E-state index contributed by atoms with van der Waals surface area (Å²) in [5.41, 5.74) is -0.958.